The zero-order chi connectivity index (χ0) is 15.4. The lowest BCUT2D eigenvalue weighted by molar-refractivity contribution is -0.385. The van der Waals surface area contributed by atoms with E-state index in [1.165, 1.54) is 4.57 Å². The van der Waals surface area contributed by atoms with Gasteiger partial charge in [-0.15, -0.1) is 0 Å². The summed E-state index contributed by atoms with van der Waals surface area (Å²) in [5.74, 6) is -0.165. The molecule has 0 radical (unpaired) electrons. The van der Waals surface area contributed by atoms with Crippen molar-refractivity contribution in [2.75, 3.05) is 26.2 Å². The summed E-state index contributed by atoms with van der Waals surface area (Å²) < 4.78 is 1.17. The quantitative estimate of drug-likeness (QED) is 0.629. The summed E-state index contributed by atoms with van der Waals surface area (Å²) in [6.45, 7) is 4.38. The Bertz CT molecular complexity index is 592. The first-order valence-electron chi connectivity index (χ1n) is 6.90. The second-order valence-corrected chi connectivity index (χ2v) is 4.89. The van der Waals surface area contributed by atoms with Gasteiger partial charge >= 0.3 is 0 Å². The summed E-state index contributed by atoms with van der Waals surface area (Å²) in [5.41, 5.74) is -0.600. The number of rotatable bonds is 4. The largest absolute Gasteiger partial charge is 0.338 e. The average Bonchev–Trinajstić information content (AvgIpc) is 2.50. The van der Waals surface area contributed by atoms with Crippen LogP contribution in [0, 0.1) is 10.1 Å². The molecule has 2 heterocycles. The summed E-state index contributed by atoms with van der Waals surface area (Å²) in [7, 11) is 0. The molecule has 1 N–H and O–H groups in total. The smallest absolute Gasteiger partial charge is 0.285 e. The monoisotopic (exact) mass is 294 g/mol. The Morgan fingerprint density at radius 1 is 1.43 bits per heavy atom. The molecule has 0 aliphatic carbocycles. The number of hydrogen-bond donors (Lipinski definition) is 1. The molecule has 21 heavy (non-hydrogen) atoms. The molecule has 8 nitrogen and oxygen atoms in total. The molecule has 0 bridgehead atoms. The lowest BCUT2D eigenvalue weighted by Crippen LogP contribution is -2.49. The molecule has 1 aromatic heterocycles. The molecule has 0 aromatic carbocycles. The van der Waals surface area contributed by atoms with Gasteiger partial charge in [-0.25, -0.2) is 0 Å². The maximum Gasteiger partial charge on any atom is 0.285 e. The molecule has 1 saturated heterocycles. The van der Waals surface area contributed by atoms with E-state index in [1.54, 1.807) is 11.8 Å². The predicted molar refractivity (Wildman–Crippen MR) is 76.1 cm³/mol. The van der Waals surface area contributed by atoms with Crippen molar-refractivity contribution < 1.29 is 9.72 Å². The van der Waals surface area contributed by atoms with E-state index in [2.05, 4.69) is 5.32 Å². The van der Waals surface area contributed by atoms with Crippen molar-refractivity contribution in [1.82, 2.24) is 14.8 Å². The van der Waals surface area contributed by atoms with Gasteiger partial charge in [0.25, 0.3) is 11.2 Å². The minimum Gasteiger partial charge on any atom is -0.338 e. The summed E-state index contributed by atoms with van der Waals surface area (Å²) in [4.78, 5) is 36.4. The van der Waals surface area contributed by atoms with Crippen molar-refractivity contribution in [2.24, 2.45) is 0 Å². The van der Waals surface area contributed by atoms with Gasteiger partial charge in [-0.05, 0) is 6.42 Å². The fourth-order valence-corrected chi connectivity index (χ4v) is 2.43. The number of nitrogens with one attached hydrogen (secondary N) is 1. The van der Waals surface area contributed by atoms with Gasteiger partial charge in [0.1, 0.15) is 6.04 Å². The number of nitro groups is 1. The van der Waals surface area contributed by atoms with Gasteiger partial charge in [0.05, 0.1) is 11.1 Å². The SMILES string of the molecule is CCC(C(=O)N1CCNCC1)n1cc([N+](=O)[O-])ccc1=O. The number of aromatic nitrogens is 1. The third kappa shape index (κ3) is 3.27. The van der Waals surface area contributed by atoms with Crippen molar-refractivity contribution in [2.45, 2.75) is 19.4 Å². The van der Waals surface area contributed by atoms with Gasteiger partial charge < -0.3 is 10.2 Å². The van der Waals surface area contributed by atoms with Crippen molar-refractivity contribution >= 4 is 11.6 Å². The van der Waals surface area contributed by atoms with E-state index in [9.17, 15) is 19.7 Å². The van der Waals surface area contributed by atoms with Crippen LogP contribution in [0.15, 0.2) is 23.1 Å². The van der Waals surface area contributed by atoms with E-state index in [0.717, 1.165) is 18.3 Å². The van der Waals surface area contributed by atoms with Crippen LogP contribution in [0.5, 0.6) is 0 Å². The van der Waals surface area contributed by atoms with Crippen LogP contribution in [0.3, 0.4) is 0 Å². The molecular formula is C13H18N4O4. The first-order chi connectivity index (χ1) is 10.0. The Balaban J connectivity index is 2.32. The average molecular weight is 294 g/mol. The zero-order valence-corrected chi connectivity index (χ0v) is 11.8. The van der Waals surface area contributed by atoms with E-state index in [1.807, 2.05) is 0 Å². The molecule has 0 saturated carbocycles. The van der Waals surface area contributed by atoms with Crippen molar-refractivity contribution in [3.05, 3.63) is 38.8 Å². The molecule has 114 valence electrons. The van der Waals surface area contributed by atoms with Crippen LogP contribution in [0.1, 0.15) is 19.4 Å². The molecule has 1 amide bonds. The van der Waals surface area contributed by atoms with Crippen LogP contribution in [0.2, 0.25) is 0 Å². The van der Waals surface area contributed by atoms with Crippen LogP contribution in [0.25, 0.3) is 0 Å². The van der Waals surface area contributed by atoms with Crippen molar-refractivity contribution in [3.63, 3.8) is 0 Å². The Labute approximate surface area is 121 Å². The number of pyridine rings is 1. The molecule has 1 aliphatic heterocycles. The Morgan fingerprint density at radius 2 is 2.10 bits per heavy atom. The number of amides is 1. The Hall–Kier alpha value is -2.22. The van der Waals surface area contributed by atoms with Gasteiger partial charge in [0.15, 0.2) is 0 Å². The third-order valence-electron chi connectivity index (χ3n) is 3.57. The van der Waals surface area contributed by atoms with E-state index in [-0.39, 0.29) is 11.6 Å². The molecule has 8 heteroatoms. The van der Waals surface area contributed by atoms with E-state index in [4.69, 9.17) is 0 Å². The Kier molecular flexibility index (Phi) is 4.69. The fourth-order valence-electron chi connectivity index (χ4n) is 2.43. The minimum absolute atomic E-state index is 0.165. The predicted octanol–water partition coefficient (Wildman–Crippen LogP) is 0.139. The van der Waals surface area contributed by atoms with Crippen molar-refractivity contribution in [3.8, 4) is 0 Å². The first kappa shape index (κ1) is 15.2. The lowest BCUT2D eigenvalue weighted by atomic mass is 10.1. The molecule has 2 rings (SSSR count). The topological polar surface area (TPSA) is 97.5 Å². The molecule has 0 spiro atoms. The van der Waals surface area contributed by atoms with Crippen LogP contribution < -0.4 is 10.9 Å². The van der Waals surface area contributed by atoms with Crippen LogP contribution in [-0.4, -0.2) is 46.5 Å². The van der Waals surface area contributed by atoms with Crippen molar-refractivity contribution in [1.29, 1.82) is 0 Å². The van der Waals surface area contributed by atoms with E-state index in [0.29, 0.717) is 32.6 Å². The highest BCUT2D eigenvalue weighted by molar-refractivity contribution is 5.80. The van der Waals surface area contributed by atoms with Gasteiger partial charge in [-0.3, -0.25) is 24.3 Å². The zero-order valence-electron chi connectivity index (χ0n) is 11.8. The highest BCUT2D eigenvalue weighted by atomic mass is 16.6. The number of nitrogens with zero attached hydrogens (tertiary/aromatic N) is 3. The van der Waals surface area contributed by atoms with Gasteiger partial charge in [0.2, 0.25) is 5.91 Å². The normalized spacial score (nSPS) is 16.5. The second kappa shape index (κ2) is 6.49. The van der Waals surface area contributed by atoms with Gasteiger partial charge in [-0.2, -0.15) is 0 Å². The summed E-state index contributed by atoms with van der Waals surface area (Å²) in [5, 5.41) is 14.0. The number of piperazine rings is 1. The Morgan fingerprint density at radius 3 is 2.67 bits per heavy atom. The summed E-state index contributed by atoms with van der Waals surface area (Å²) in [6, 6.07) is 1.59. The highest BCUT2D eigenvalue weighted by Gasteiger charge is 2.27. The fraction of sp³-hybridized carbons (Fsp3) is 0.538. The van der Waals surface area contributed by atoms with E-state index >= 15 is 0 Å². The summed E-state index contributed by atoms with van der Waals surface area (Å²) >= 11 is 0. The number of carbonyl (C=O) groups is 1. The molecule has 1 fully saturated rings. The number of carbonyl (C=O) groups excluding carboxylic acids is 1. The van der Waals surface area contributed by atoms with E-state index < -0.39 is 16.5 Å². The molecular weight excluding hydrogens is 276 g/mol. The van der Waals surface area contributed by atoms with Crippen LogP contribution in [-0.2, 0) is 4.79 Å². The number of hydrogen-bond acceptors (Lipinski definition) is 5. The van der Waals surface area contributed by atoms with Gasteiger partial charge in [0, 0.05) is 38.3 Å². The standard InChI is InChI=1S/C13H18N4O4/c1-2-11(13(19)15-7-5-14-6-8-15)16-9-10(17(20)21)3-4-12(16)18/h3-4,9,11,14H,2,5-8H2,1H3. The molecule has 1 aliphatic rings. The first-order valence-corrected chi connectivity index (χ1v) is 6.90. The third-order valence-corrected chi connectivity index (χ3v) is 3.57. The second-order valence-electron chi connectivity index (χ2n) is 4.89. The van der Waals surface area contributed by atoms with Gasteiger partial charge in [-0.1, -0.05) is 6.92 Å². The molecule has 1 aromatic rings. The van der Waals surface area contributed by atoms with Crippen LogP contribution >= 0.6 is 0 Å². The highest BCUT2D eigenvalue weighted by Crippen LogP contribution is 2.16. The maximum absolute atomic E-state index is 12.5. The molecule has 1 unspecified atom stereocenters. The summed E-state index contributed by atoms with van der Waals surface area (Å²) in [6.07, 6.45) is 1.56. The lowest BCUT2D eigenvalue weighted by Gasteiger charge is -2.31. The minimum atomic E-state index is -0.699. The maximum atomic E-state index is 12.5. The van der Waals surface area contributed by atoms with Crippen LogP contribution in [0.4, 0.5) is 5.69 Å². The molecule has 1 atom stereocenters.